The van der Waals surface area contributed by atoms with E-state index in [-0.39, 0.29) is 12.3 Å². The molecule has 0 fully saturated rings. The van der Waals surface area contributed by atoms with Crippen LogP contribution < -0.4 is 0 Å². The SMILES string of the molecule is Cn1c(CO)cnc1Sc1cc(F)cc([N+](=O)[O-])c1. The Morgan fingerprint density at radius 1 is 1.53 bits per heavy atom. The zero-order chi connectivity index (χ0) is 14.0. The Hall–Kier alpha value is -1.93. The van der Waals surface area contributed by atoms with Crippen molar-refractivity contribution in [1.82, 2.24) is 9.55 Å². The first-order chi connectivity index (χ1) is 9.01. The van der Waals surface area contributed by atoms with Crippen LogP contribution in [0.2, 0.25) is 0 Å². The maximum Gasteiger partial charge on any atom is 0.273 e. The van der Waals surface area contributed by atoms with Gasteiger partial charge >= 0.3 is 0 Å². The third-order valence-corrected chi connectivity index (χ3v) is 3.51. The quantitative estimate of drug-likeness (QED) is 0.686. The van der Waals surface area contributed by atoms with Gasteiger partial charge in [0.2, 0.25) is 0 Å². The number of nitrogens with zero attached hydrogens (tertiary/aromatic N) is 3. The number of aliphatic hydroxyl groups excluding tert-OH is 1. The summed E-state index contributed by atoms with van der Waals surface area (Å²) in [7, 11) is 1.70. The van der Waals surface area contributed by atoms with Crippen molar-refractivity contribution in [3.8, 4) is 0 Å². The van der Waals surface area contributed by atoms with Crippen LogP contribution in [0.1, 0.15) is 5.69 Å². The minimum atomic E-state index is -0.673. The molecule has 1 N–H and O–H groups in total. The Kier molecular flexibility index (Phi) is 3.82. The topological polar surface area (TPSA) is 81.2 Å². The van der Waals surface area contributed by atoms with Gasteiger partial charge in [0, 0.05) is 18.0 Å². The molecule has 2 rings (SSSR count). The van der Waals surface area contributed by atoms with Gasteiger partial charge in [0.1, 0.15) is 5.82 Å². The molecule has 0 bridgehead atoms. The highest BCUT2D eigenvalue weighted by Gasteiger charge is 2.13. The summed E-state index contributed by atoms with van der Waals surface area (Å²) < 4.78 is 14.9. The second kappa shape index (κ2) is 5.37. The number of rotatable bonds is 4. The van der Waals surface area contributed by atoms with E-state index in [1.54, 1.807) is 11.6 Å². The molecular formula is C11H10FN3O3S. The lowest BCUT2D eigenvalue weighted by atomic mass is 10.3. The van der Waals surface area contributed by atoms with E-state index >= 15 is 0 Å². The largest absolute Gasteiger partial charge is 0.390 e. The lowest BCUT2D eigenvalue weighted by Crippen LogP contribution is -1.97. The van der Waals surface area contributed by atoms with Gasteiger partial charge in [0.15, 0.2) is 5.16 Å². The summed E-state index contributed by atoms with van der Waals surface area (Å²) in [6.45, 7) is -0.159. The first kappa shape index (κ1) is 13.5. The fourth-order valence-electron chi connectivity index (χ4n) is 1.49. The Morgan fingerprint density at radius 2 is 2.26 bits per heavy atom. The summed E-state index contributed by atoms with van der Waals surface area (Å²) in [5, 5.41) is 20.2. The summed E-state index contributed by atoms with van der Waals surface area (Å²) in [6, 6.07) is 3.34. The van der Waals surface area contributed by atoms with Crippen LogP contribution in [0.15, 0.2) is 34.4 Å². The van der Waals surface area contributed by atoms with Gasteiger partial charge in [0.25, 0.3) is 5.69 Å². The van der Waals surface area contributed by atoms with Gasteiger partial charge < -0.3 is 9.67 Å². The number of benzene rings is 1. The van der Waals surface area contributed by atoms with Crippen molar-refractivity contribution < 1.29 is 14.4 Å². The number of nitro benzene ring substituents is 1. The van der Waals surface area contributed by atoms with E-state index in [1.807, 2.05) is 0 Å². The van der Waals surface area contributed by atoms with Crippen molar-refractivity contribution in [3.63, 3.8) is 0 Å². The summed E-state index contributed by atoms with van der Waals surface area (Å²) in [6.07, 6.45) is 1.50. The van der Waals surface area contributed by atoms with E-state index in [2.05, 4.69) is 4.98 Å². The Balaban J connectivity index is 2.32. The molecule has 8 heteroatoms. The number of nitro groups is 1. The van der Waals surface area contributed by atoms with Crippen LogP contribution in [0.3, 0.4) is 0 Å². The number of aliphatic hydroxyl groups is 1. The minimum absolute atomic E-state index is 0.159. The molecule has 0 saturated carbocycles. The number of hydrogen-bond acceptors (Lipinski definition) is 5. The van der Waals surface area contributed by atoms with Gasteiger partial charge in [-0.15, -0.1) is 0 Å². The number of non-ortho nitro benzene ring substituents is 1. The standard InChI is InChI=1S/C11H10FN3O3S/c1-14-9(6-16)5-13-11(14)19-10-3-7(12)2-8(4-10)15(17)18/h2-5,16H,6H2,1H3. The van der Waals surface area contributed by atoms with E-state index in [4.69, 9.17) is 5.11 Å². The van der Waals surface area contributed by atoms with Gasteiger partial charge in [-0.2, -0.15) is 0 Å². The van der Waals surface area contributed by atoms with Crippen LogP contribution in [0, 0.1) is 15.9 Å². The number of hydrogen-bond donors (Lipinski definition) is 1. The van der Waals surface area contributed by atoms with Crippen LogP contribution in [-0.2, 0) is 13.7 Å². The van der Waals surface area contributed by atoms with Crippen LogP contribution in [0.4, 0.5) is 10.1 Å². The summed E-state index contributed by atoms with van der Waals surface area (Å²) in [5.74, 6) is -0.673. The van der Waals surface area contributed by atoms with Crippen molar-refractivity contribution >= 4 is 17.4 Å². The molecule has 1 aromatic heterocycles. The van der Waals surface area contributed by atoms with E-state index in [9.17, 15) is 14.5 Å². The Morgan fingerprint density at radius 3 is 2.84 bits per heavy atom. The molecule has 0 unspecified atom stereocenters. The Labute approximate surface area is 112 Å². The van der Waals surface area contributed by atoms with Crippen molar-refractivity contribution in [2.75, 3.05) is 0 Å². The molecule has 19 heavy (non-hydrogen) atoms. The van der Waals surface area contributed by atoms with Crippen LogP contribution in [-0.4, -0.2) is 19.6 Å². The van der Waals surface area contributed by atoms with Gasteiger partial charge in [-0.1, -0.05) is 11.8 Å². The molecule has 1 heterocycles. The number of halogens is 1. The molecule has 0 spiro atoms. The van der Waals surface area contributed by atoms with Gasteiger partial charge in [0.05, 0.1) is 29.5 Å². The monoisotopic (exact) mass is 283 g/mol. The summed E-state index contributed by atoms with van der Waals surface area (Å²) in [5.41, 5.74) is 0.299. The van der Waals surface area contributed by atoms with Crippen molar-refractivity contribution in [2.24, 2.45) is 7.05 Å². The molecule has 1 aromatic carbocycles. The van der Waals surface area contributed by atoms with Gasteiger partial charge in [-0.25, -0.2) is 9.37 Å². The number of aromatic nitrogens is 2. The van der Waals surface area contributed by atoms with Crippen LogP contribution in [0.25, 0.3) is 0 Å². The first-order valence-corrected chi connectivity index (χ1v) is 6.07. The van der Waals surface area contributed by atoms with Crippen LogP contribution >= 0.6 is 11.8 Å². The molecule has 0 saturated heterocycles. The second-order valence-corrected chi connectivity index (χ2v) is 4.79. The zero-order valence-corrected chi connectivity index (χ0v) is 10.7. The predicted octanol–water partition coefficient (Wildman–Crippen LogP) is 2.11. The third kappa shape index (κ3) is 2.91. The number of imidazole rings is 1. The highest BCUT2D eigenvalue weighted by Crippen LogP contribution is 2.30. The average molecular weight is 283 g/mol. The Bertz CT molecular complexity index is 630. The van der Waals surface area contributed by atoms with Crippen molar-refractivity contribution in [2.45, 2.75) is 16.7 Å². The van der Waals surface area contributed by atoms with Crippen molar-refractivity contribution in [3.05, 3.63) is 46.0 Å². The van der Waals surface area contributed by atoms with E-state index < -0.39 is 10.7 Å². The highest BCUT2D eigenvalue weighted by atomic mass is 32.2. The molecule has 6 nitrogen and oxygen atoms in total. The maximum atomic E-state index is 13.3. The molecule has 0 amide bonds. The normalized spacial score (nSPS) is 10.7. The molecular weight excluding hydrogens is 273 g/mol. The lowest BCUT2D eigenvalue weighted by Gasteiger charge is -2.04. The molecule has 0 aliphatic carbocycles. The fourth-order valence-corrected chi connectivity index (χ4v) is 2.41. The molecule has 0 aliphatic heterocycles. The lowest BCUT2D eigenvalue weighted by molar-refractivity contribution is -0.385. The van der Waals surface area contributed by atoms with Crippen LogP contribution in [0.5, 0.6) is 0 Å². The zero-order valence-electron chi connectivity index (χ0n) is 9.91. The molecule has 2 aromatic rings. The maximum absolute atomic E-state index is 13.3. The average Bonchev–Trinajstić information content (AvgIpc) is 2.70. The minimum Gasteiger partial charge on any atom is -0.390 e. The van der Waals surface area contributed by atoms with Gasteiger partial charge in [-0.05, 0) is 6.07 Å². The van der Waals surface area contributed by atoms with E-state index in [0.29, 0.717) is 15.7 Å². The fraction of sp³-hybridized carbons (Fsp3) is 0.182. The highest BCUT2D eigenvalue weighted by molar-refractivity contribution is 7.99. The van der Waals surface area contributed by atoms with Gasteiger partial charge in [-0.3, -0.25) is 10.1 Å². The third-order valence-electron chi connectivity index (χ3n) is 2.48. The predicted molar refractivity (Wildman–Crippen MR) is 66.3 cm³/mol. The molecule has 0 aliphatic rings. The summed E-state index contributed by atoms with van der Waals surface area (Å²) >= 11 is 1.09. The first-order valence-electron chi connectivity index (χ1n) is 5.25. The molecule has 0 radical (unpaired) electrons. The summed E-state index contributed by atoms with van der Waals surface area (Å²) in [4.78, 5) is 14.4. The second-order valence-electron chi connectivity index (χ2n) is 3.75. The van der Waals surface area contributed by atoms with E-state index in [1.165, 1.54) is 18.3 Å². The van der Waals surface area contributed by atoms with Crippen molar-refractivity contribution in [1.29, 1.82) is 0 Å². The van der Waals surface area contributed by atoms with E-state index in [0.717, 1.165) is 17.8 Å². The molecule has 0 atom stereocenters. The molecule has 100 valence electrons. The smallest absolute Gasteiger partial charge is 0.273 e.